The molecule has 0 fully saturated rings. The van der Waals surface area contributed by atoms with E-state index in [1.165, 1.54) is 10.9 Å². The number of fused-ring (bicyclic) bond motifs is 1. The summed E-state index contributed by atoms with van der Waals surface area (Å²) in [6.07, 6.45) is 1.35. The van der Waals surface area contributed by atoms with Gasteiger partial charge >= 0.3 is 0 Å². The van der Waals surface area contributed by atoms with Gasteiger partial charge in [0.2, 0.25) is 5.71 Å². The lowest BCUT2D eigenvalue weighted by Crippen LogP contribution is -2.26. The van der Waals surface area contributed by atoms with Gasteiger partial charge in [0.1, 0.15) is 17.5 Å². The average molecular weight is 313 g/mol. The number of nitrogens with zero attached hydrogens (tertiary/aromatic N) is 2. The Morgan fingerprint density at radius 3 is 2.83 bits per heavy atom. The molecular weight excluding hydrogens is 298 g/mol. The summed E-state index contributed by atoms with van der Waals surface area (Å²) in [5, 5.41) is 0.147. The summed E-state index contributed by atoms with van der Waals surface area (Å²) in [6, 6.07) is 9.41. The number of hydroxylamine groups is 1. The van der Waals surface area contributed by atoms with Crippen molar-refractivity contribution in [3.05, 3.63) is 63.9 Å². The van der Waals surface area contributed by atoms with Gasteiger partial charge in [-0.1, -0.05) is 30.3 Å². The quantitative estimate of drug-likeness (QED) is 0.741. The van der Waals surface area contributed by atoms with Crippen molar-refractivity contribution >= 4 is 17.0 Å². The number of benzene rings is 1. The Bertz CT molecular complexity index is 912. The molecule has 0 unspecified atom stereocenters. The maximum atomic E-state index is 12.3. The average Bonchev–Trinajstić information content (AvgIpc) is 2.89. The summed E-state index contributed by atoms with van der Waals surface area (Å²) in [7, 11) is 1.56. The van der Waals surface area contributed by atoms with Crippen LogP contribution in [-0.4, -0.2) is 15.5 Å². The van der Waals surface area contributed by atoms with Crippen LogP contribution in [-0.2, 0) is 18.5 Å². The first-order chi connectivity index (χ1) is 11.1. The molecule has 1 aromatic carbocycles. The van der Waals surface area contributed by atoms with Gasteiger partial charge in [0.25, 0.3) is 11.5 Å². The zero-order valence-corrected chi connectivity index (χ0v) is 12.7. The second kappa shape index (κ2) is 6.05. The van der Waals surface area contributed by atoms with Crippen molar-refractivity contribution in [2.45, 2.75) is 13.5 Å². The number of carbonyl (C=O) groups excluding carboxylic acids is 1. The molecular formula is C16H15N3O4. The van der Waals surface area contributed by atoms with Crippen LogP contribution in [0.2, 0.25) is 0 Å². The lowest BCUT2D eigenvalue weighted by molar-refractivity contribution is 0.0233. The molecule has 2 aromatic heterocycles. The van der Waals surface area contributed by atoms with E-state index in [1.54, 1.807) is 14.0 Å². The van der Waals surface area contributed by atoms with Crippen molar-refractivity contribution in [2.24, 2.45) is 7.05 Å². The molecule has 3 rings (SSSR count). The minimum Gasteiger partial charge on any atom is -0.442 e. The van der Waals surface area contributed by atoms with Crippen molar-refractivity contribution < 1.29 is 14.0 Å². The van der Waals surface area contributed by atoms with E-state index >= 15 is 0 Å². The summed E-state index contributed by atoms with van der Waals surface area (Å²) in [6.45, 7) is 1.82. The summed E-state index contributed by atoms with van der Waals surface area (Å²) >= 11 is 0. The molecule has 0 saturated heterocycles. The van der Waals surface area contributed by atoms with Crippen LogP contribution < -0.4 is 11.0 Å². The largest absolute Gasteiger partial charge is 0.442 e. The fraction of sp³-hybridized carbons (Fsp3) is 0.188. The van der Waals surface area contributed by atoms with E-state index in [4.69, 9.17) is 9.25 Å². The highest BCUT2D eigenvalue weighted by Crippen LogP contribution is 2.20. The summed E-state index contributed by atoms with van der Waals surface area (Å²) in [5.74, 6) is -0.223. The number of hydrogen-bond acceptors (Lipinski definition) is 5. The van der Waals surface area contributed by atoms with E-state index in [2.05, 4.69) is 10.5 Å². The monoisotopic (exact) mass is 313 g/mol. The molecule has 1 N–H and O–H groups in total. The first-order valence-electron chi connectivity index (χ1n) is 6.98. The van der Waals surface area contributed by atoms with Gasteiger partial charge in [0.05, 0.1) is 12.2 Å². The lowest BCUT2D eigenvalue weighted by Gasteiger charge is -2.05. The molecule has 0 aliphatic heterocycles. The Labute approximate surface area is 131 Å². The smallest absolute Gasteiger partial charge is 0.279 e. The van der Waals surface area contributed by atoms with E-state index in [0.717, 1.165) is 5.56 Å². The third kappa shape index (κ3) is 2.86. The van der Waals surface area contributed by atoms with Crippen molar-refractivity contribution in [2.75, 3.05) is 0 Å². The van der Waals surface area contributed by atoms with E-state index in [9.17, 15) is 9.59 Å². The van der Waals surface area contributed by atoms with Crippen molar-refractivity contribution in [3.8, 4) is 0 Å². The second-order valence-electron chi connectivity index (χ2n) is 5.08. The Hall–Kier alpha value is -2.93. The van der Waals surface area contributed by atoms with Gasteiger partial charge in [-0.2, -0.15) is 0 Å². The molecule has 118 valence electrons. The second-order valence-corrected chi connectivity index (χ2v) is 5.08. The standard InChI is InChI=1S/C16H15N3O4/c1-10-12(13-15(23-10)17-9-19(2)16(13)21)14(20)18-22-8-11-6-4-3-5-7-11/h3-7,9H,8H2,1-2H3,(H,18,20). The molecule has 0 bridgehead atoms. The molecule has 1 amide bonds. The van der Waals surface area contributed by atoms with Gasteiger partial charge in [0.15, 0.2) is 0 Å². The van der Waals surface area contributed by atoms with E-state index < -0.39 is 5.91 Å². The maximum Gasteiger partial charge on any atom is 0.279 e. The Balaban J connectivity index is 1.82. The molecule has 0 saturated carbocycles. The fourth-order valence-corrected chi connectivity index (χ4v) is 2.27. The summed E-state index contributed by atoms with van der Waals surface area (Å²) in [5.41, 5.74) is 3.19. The lowest BCUT2D eigenvalue weighted by atomic mass is 10.2. The van der Waals surface area contributed by atoms with E-state index in [-0.39, 0.29) is 28.8 Å². The molecule has 7 heteroatoms. The molecule has 0 aliphatic rings. The number of rotatable bonds is 4. The van der Waals surface area contributed by atoms with Crippen LogP contribution in [0, 0.1) is 6.92 Å². The minimum atomic E-state index is -0.540. The number of amides is 1. The van der Waals surface area contributed by atoms with Gasteiger partial charge in [-0.05, 0) is 12.5 Å². The predicted octanol–water partition coefficient (Wildman–Crippen LogP) is 1.70. The van der Waals surface area contributed by atoms with Gasteiger partial charge < -0.3 is 8.98 Å². The highest BCUT2D eigenvalue weighted by molar-refractivity contribution is 6.05. The highest BCUT2D eigenvalue weighted by atomic mass is 16.6. The van der Waals surface area contributed by atoms with Gasteiger partial charge in [0, 0.05) is 7.05 Å². The number of nitrogens with one attached hydrogen (secondary N) is 1. The SMILES string of the molecule is Cc1oc2ncn(C)c(=O)c2c1C(=O)NOCc1ccccc1. The number of carbonyl (C=O) groups is 1. The molecule has 7 nitrogen and oxygen atoms in total. The fourth-order valence-electron chi connectivity index (χ4n) is 2.27. The Morgan fingerprint density at radius 2 is 2.09 bits per heavy atom. The topological polar surface area (TPSA) is 86.4 Å². The predicted molar refractivity (Wildman–Crippen MR) is 82.7 cm³/mol. The number of furan rings is 1. The van der Waals surface area contributed by atoms with Crippen LogP contribution in [0.5, 0.6) is 0 Å². The van der Waals surface area contributed by atoms with Crippen molar-refractivity contribution in [3.63, 3.8) is 0 Å². The van der Waals surface area contributed by atoms with E-state index in [1.807, 2.05) is 30.3 Å². The molecule has 0 aliphatic carbocycles. The van der Waals surface area contributed by atoms with Crippen LogP contribution in [0.15, 0.2) is 45.9 Å². The molecule has 0 atom stereocenters. The highest BCUT2D eigenvalue weighted by Gasteiger charge is 2.22. The van der Waals surface area contributed by atoms with Gasteiger partial charge in [-0.3, -0.25) is 14.4 Å². The third-order valence-corrected chi connectivity index (χ3v) is 3.42. The first kappa shape index (κ1) is 15.0. The van der Waals surface area contributed by atoms with E-state index in [0.29, 0.717) is 5.76 Å². The normalized spacial score (nSPS) is 10.9. The molecule has 0 spiro atoms. The van der Waals surface area contributed by atoms with Gasteiger partial charge in [-0.15, -0.1) is 0 Å². The van der Waals surface area contributed by atoms with Gasteiger partial charge in [-0.25, -0.2) is 10.5 Å². The molecule has 23 heavy (non-hydrogen) atoms. The van der Waals surface area contributed by atoms with Crippen LogP contribution >= 0.6 is 0 Å². The molecule has 0 radical (unpaired) electrons. The number of aromatic nitrogens is 2. The first-order valence-corrected chi connectivity index (χ1v) is 6.98. The number of hydrogen-bond donors (Lipinski definition) is 1. The minimum absolute atomic E-state index is 0.138. The van der Waals surface area contributed by atoms with Crippen LogP contribution in [0.3, 0.4) is 0 Å². The maximum absolute atomic E-state index is 12.3. The van der Waals surface area contributed by atoms with Crippen LogP contribution in [0.4, 0.5) is 0 Å². The molecule has 2 heterocycles. The Kier molecular flexibility index (Phi) is 3.94. The van der Waals surface area contributed by atoms with Crippen molar-refractivity contribution in [1.29, 1.82) is 0 Å². The van der Waals surface area contributed by atoms with Crippen LogP contribution in [0.1, 0.15) is 21.7 Å². The van der Waals surface area contributed by atoms with Crippen LogP contribution in [0.25, 0.3) is 11.1 Å². The summed E-state index contributed by atoms with van der Waals surface area (Å²) in [4.78, 5) is 33.7. The zero-order chi connectivity index (χ0) is 16.4. The third-order valence-electron chi connectivity index (χ3n) is 3.42. The zero-order valence-electron chi connectivity index (χ0n) is 12.7. The van der Waals surface area contributed by atoms with Crippen molar-refractivity contribution in [1.82, 2.24) is 15.0 Å². The Morgan fingerprint density at radius 1 is 1.35 bits per heavy atom. The summed E-state index contributed by atoms with van der Waals surface area (Å²) < 4.78 is 6.67. The molecule has 3 aromatic rings. The number of aryl methyl sites for hydroxylation is 2.